The van der Waals surface area contributed by atoms with Crippen LogP contribution in [0.5, 0.6) is 0 Å². The first-order valence-electron chi connectivity index (χ1n) is 5.61. The van der Waals surface area contributed by atoms with Crippen LogP contribution in [0, 0.1) is 0 Å². The zero-order valence-corrected chi connectivity index (χ0v) is 8.94. The second kappa shape index (κ2) is 3.37. The van der Waals surface area contributed by atoms with Gasteiger partial charge in [0.05, 0.1) is 5.71 Å². The van der Waals surface area contributed by atoms with E-state index in [1.165, 1.54) is 24.0 Å². The number of hydrogen-bond donors (Lipinski definition) is 0. The van der Waals surface area contributed by atoms with Gasteiger partial charge in [0, 0.05) is 12.3 Å². The quantitative estimate of drug-likeness (QED) is 0.684. The van der Waals surface area contributed by atoms with Crippen molar-refractivity contribution in [1.82, 2.24) is 0 Å². The lowest BCUT2D eigenvalue weighted by molar-refractivity contribution is 0.0646. The van der Waals surface area contributed by atoms with Gasteiger partial charge < -0.3 is 4.84 Å². The molecule has 0 N–H and O–H groups in total. The van der Waals surface area contributed by atoms with Crippen molar-refractivity contribution in [2.24, 2.45) is 5.16 Å². The minimum Gasteiger partial charge on any atom is -0.391 e. The number of hydrogen-bond acceptors (Lipinski definition) is 2. The second-order valence-corrected chi connectivity index (χ2v) is 4.52. The van der Waals surface area contributed by atoms with Crippen LogP contribution in [-0.4, -0.2) is 11.8 Å². The minimum absolute atomic E-state index is 0.286. The maximum absolute atomic E-state index is 5.49. The number of aryl methyl sites for hydroxylation is 1. The van der Waals surface area contributed by atoms with E-state index in [0.29, 0.717) is 5.92 Å². The molecule has 0 spiro atoms. The zero-order valence-electron chi connectivity index (χ0n) is 8.94. The predicted molar refractivity (Wildman–Crippen MR) is 60.1 cm³/mol. The van der Waals surface area contributed by atoms with E-state index in [0.717, 1.165) is 12.1 Å². The predicted octanol–water partition coefficient (Wildman–Crippen LogP) is 2.88. The van der Waals surface area contributed by atoms with Crippen LogP contribution < -0.4 is 0 Å². The number of nitrogens with zero attached hydrogens (tertiary/aromatic N) is 1. The number of oxime groups is 1. The van der Waals surface area contributed by atoms with E-state index in [2.05, 4.69) is 29.4 Å². The largest absolute Gasteiger partial charge is 0.391 e. The van der Waals surface area contributed by atoms with E-state index in [9.17, 15) is 0 Å². The molecule has 2 heteroatoms. The highest BCUT2D eigenvalue weighted by atomic mass is 16.6. The van der Waals surface area contributed by atoms with E-state index in [1.54, 1.807) is 0 Å². The van der Waals surface area contributed by atoms with Crippen molar-refractivity contribution in [3.63, 3.8) is 0 Å². The van der Waals surface area contributed by atoms with Gasteiger partial charge in [0.15, 0.2) is 0 Å². The van der Waals surface area contributed by atoms with Gasteiger partial charge in [-0.05, 0) is 30.9 Å². The molecule has 3 rings (SSSR count). The maximum atomic E-state index is 5.49. The van der Waals surface area contributed by atoms with Crippen molar-refractivity contribution in [3.05, 3.63) is 35.4 Å². The third kappa shape index (κ3) is 1.44. The molecule has 2 unspecified atom stereocenters. The lowest BCUT2D eigenvalue weighted by atomic mass is 9.93. The second-order valence-electron chi connectivity index (χ2n) is 4.52. The lowest BCUT2D eigenvalue weighted by Crippen LogP contribution is -2.16. The summed E-state index contributed by atoms with van der Waals surface area (Å²) in [5.74, 6) is 0.558. The molecule has 0 radical (unpaired) electrons. The van der Waals surface area contributed by atoms with Crippen molar-refractivity contribution < 1.29 is 4.84 Å². The number of fused-ring (bicyclic) bond motifs is 1. The van der Waals surface area contributed by atoms with Gasteiger partial charge in [-0.1, -0.05) is 29.4 Å². The van der Waals surface area contributed by atoms with Crippen LogP contribution in [0.4, 0.5) is 0 Å². The molecule has 1 aliphatic heterocycles. The van der Waals surface area contributed by atoms with Gasteiger partial charge in [-0.2, -0.15) is 0 Å². The minimum atomic E-state index is 0.286. The van der Waals surface area contributed by atoms with Crippen LogP contribution in [0.25, 0.3) is 0 Å². The third-order valence-corrected chi connectivity index (χ3v) is 3.47. The first-order valence-corrected chi connectivity index (χ1v) is 5.61. The average Bonchev–Trinajstić information content (AvgIpc) is 2.83. The van der Waals surface area contributed by atoms with Gasteiger partial charge in [0.1, 0.15) is 6.10 Å². The Kier molecular flexibility index (Phi) is 2.01. The summed E-state index contributed by atoms with van der Waals surface area (Å²) in [5.41, 5.74) is 4.10. The first-order chi connectivity index (χ1) is 7.34. The highest BCUT2D eigenvalue weighted by Gasteiger charge is 2.33. The molecule has 0 aromatic heterocycles. The van der Waals surface area contributed by atoms with Gasteiger partial charge in [-0.3, -0.25) is 0 Å². The Hall–Kier alpha value is -1.31. The van der Waals surface area contributed by atoms with Crippen LogP contribution >= 0.6 is 0 Å². The lowest BCUT2D eigenvalue weighted by Gasteiger charge is -2.17. The smallest absolute Gasteiger partial charge is 0.139 e. The Balaban J connectivity index is 1.86. The number of benzene rings is 1. The van der Waals surface area contributed by atoms with E-state index in [4.69, 9.17) is 4.84 Å². The molecule has 0 fully saturated rings. The molecule has 1 aliphatic carbocycles. The Bertz CT molecular complexity index is 411. The molecule has 0 amide bonds. The number of rotatable bonds is 1. The molecule has 2 atom stereocenters. The Morgan fingerprint density at radius 2 is 2.20 bits per heavy atom. The van der Waals surface area contributed by atoms with Crippen LogP contribution in [-0.2, 0) is 11.3 Å². The van der Waals surface area contributed by atoms with Crippen LogP contribution in [0.3, 0.4) is 0 Å². The van der Waals surface area contributed by atoms with E-state index in [1.807, 2.05) is 6.92 Å². The van der Waals surface area contributed by atoms with Crippen LogP contribution in [0.1, 0.15) is 36.8 Å². The fraction of sp³-hybridized carbons (Fsp3) is 0.462. The topological polar surface area (TPSA) is 21.6 Å². The molecule has 2 aliphatic rings. The summed E-state index contributed by atoms with van der Waals surface area (Å²) < 4.78 is 0. The molecule has 2 nitrogen and oxygen atoms in total. The Morgan fingerprint density at radius 1 is 1.33 bits per heavy atom. The SMILES string of the molecule is CC1=NOC(C2CCc3ccccc32)C1. The average molecular weight is 201 g/mol. The van der Waals surface area contributed by atoms with Gasteiger partial charge >= 0.3 is 0 Å². The van der Waals surface area contributed by atoms with Crippen molar-refractivity contribution in [2.45, 2.75) is 38.2 Å². The van der Waals surface area contributed by atoms with E-state index < -0.39 is 0 Å². The first kappa shape index (κ1) is 8.96. The normalized spacial score (nSPS) is 28.5. The zero-order chi connectivity index (χ0) is 10.3. The molecule has 0 saturated heterocycles. The summed E-state index contributed by atoms with van der Waals surface area (Å²) in [4.78, 5) is 5.49. The Labute approximate surface area is 89.9 Å². The summed E-state index contributed by atoms with van der Waals surface area (Å²) in [6, 6.07) is 8.72. The molecule has 0 bridgehead atoms. The molecule has 15 heavy (non-hydrogen) atoms. The van der Waals surface area contributed by atoms with E-state index >= 15 is 0 Å². The summed E-state index contributed by atoms with van der Waals surface area (Å²) in [5, 5.41) is 4.05. The molecule has 0 saturated carbocycles. The molecule has 1 heterocycles. The van der Waals surface area contributed by atoms with Crippen LogP contribution in [0.15, 0.2) is 29.4 Å². The fourth-order valence-electron chi connectivity index (χ4n) is 2.72. The van der Waals surface area contributed by atoms with Gasteiger partial charge in [-0.25, -0.2) is 0 Å². The van der Waals surface area contributed by atoms with Crippen molar-refractivity contribution >= 4 is 5.71 Å². The van der Waals surface area contributed by atoms with Crippen molar-refractivity contribution in [1.29, 1.82) is 0 Å². The molecule has 1 aromatic carbocycles. The summed E-state index contributed by atoms with van der Waals surface area (Å²) in [6.07, 6.45) is 3.69. The van der Waals surface area contributed by atoms with Gasteiger partial charge in [0.2, 0.25) is 0 Å². The highest BCUT2D eigenvalue weighted by molar-refractivity contribution is 5.83. The van der Waals surface area contributed by atoms with Crippen molar-refractivity contribution in [3.8, 4) is 0 Å². The molecule has 1 aromatic rings. The molecule has 78 valence electrons. The van der Waals surface area contributed by atoms with Gasteiger partial charge in [0.25, 0.3) is 0 Å². The van der Waals surface area contributed by atoms with Crippen LogP contribution in [0.2, 0.25) is 0 Å². The molecular formula is C13H15NO. The fourth-order valence-corrected chi connectivity index (χ4v) is 2.72. The Morgan fingerprint density at radius 3 is 3.00 bits per heavy atom. The highest BCUT2D eigenvalue weighted by Crippen LogP contribution is 2.39. The third-order valence-electron chi connectivity index (χ3n) is 3.47. The van der Waals surface area contributed by atoms with Gasteiger partial charge in [-0.15, -0.1) is 0 Å². The summed E-state index contributed by atoms with van der Waals surface area (Å²) in [6.45, 7) is 2.04. The van der Waals surface area contributed by atoms with E-state index in [-0.39, 0.29) is 6.10 Å². The van der Waals surface area contributed by atoms with Crippen molar-refractivity contribution in [2.75, 3.05) is 0 Å². The standard InChI is InChI=1S/C13H15NO/c1-9-8-13(15-14-9)12-7-6-10-4-2-3-5-11(10)12/h2-5,12-13H,6-8H2,1H3. The summed E-state index contributed by atoms with van der Waals surface area (Å²) >= 11 is 0. The monoisotopic (exact) mass is 201 g/mol. The molecular weight excluding hydrogens is 186 g/mol. The summed E-state index contributed by atoms with van der Waals surface area (Å²) in [7, 11) is 0. The maximum Gasteiger partial charge on any atom is 0.139 e.